The molecule has 1 N–H and O–H groups in total. The fourth-order valence-corrected chi connectivity index (χ4v) is 4.20. The van der Waals surface area contributed by atoms with E-state index in [4.69, 9.17) is 9.47 Å². The maximum absolute atomic E-state index is 11.9. The van der Waals surface area contributed by atoms with Crippen LogP contribution >= 0.6 is 0 Å². The number of ether oxygens (including phenoxy) is 2. The van der Waals surface area contributed by atoms with Gasteiger partial charge in [-0.15, -0.1) is 0 Å². The number of benzene rings is 1. The topological polar surface area (TPSA) is 72.8 Å². The zero-order chi connectivity index (χ0) is 22.3. The highest BCUT2D eigenvalue weighted by Gasteiger charge is 2.32. The smallest absolute Gasteiger partial charge is 0.308 e. The third-order valence-corrected chi connectivity index (χ3v) is 5.57. The van der Waals surface area contributed by atoms with E-state index in [1.54, 1.807) is 6.07 Å². The van der Waals surface area contributed by atoms with Crippen molar-refractivity contribution < 1.29 is 24.2 Å². The molecule has 0 saturated heterocycles. The molecule has 1 aromatic rings. The van der Waals surface area contributed by atoms with E-state index in [2.05, 4.69) is 26.5 Å². The van der Waals surface area contributed by atoms with Gasteiger partial charge < -0.3 is 14.6 Å². The van der Waals surface area contributed by atoms with E-state index < -0.39 is 11.9 Å². The van der Waals surface area contributed by atoms with Gasteiger partial charge in [-0.25, -0.2) is 0 Å². The number of carbonyl (C=O) groups is 2. The molecule has 0 heterocycles. The van der Waals surface area contributed by atoms with Crippen molar-refractivity contribution in [3.63, 3.8) is 0 Å². The predicted octanol–water partition coefficient (Wildman–Crippen LogP) is 5.26. The average molecular weight is 415 g/mol. The van der Waals surface area contributed by atoms with E-state index in [0.29, 0.717) is 11.5 Å². The minimum atomic E-state index is -0.426. The van der Waals surface area contributed by atoms with Gasteiger partial charge in [-0.2, -0.15) is 0 Å². The molecular weight excluding hydrogens is 380 g/mol. The number of allylic oxidation sites excluding steroid dienone is 2. The van der Waals surface area contributed by atoms with E-state index in [1.807, 2.05) is 6.07 Å². The van der Waals surface area contributed by atoms with Gasteiger partial charge in [-0.05, 0) is 55.7 Å². The van der Waals surface area contributed by atoms with Gasteiger partial charge in [-0.1, -0.05) is 38.0 Å². The van der Waals surface area contributed by atoms with Gasteiger partial charge in [-0.3, -0.25) is 9.59 Å². The molecule has 0 unspecified atom stereocenters. The average Bonchev–Trinajstić information content (AvgIpc) is 2.66. The number of aryl methyl sites for hydroxylation is 1. The highest BCUT2D eigenvalue weighted by atomic mass is 16.5. The maximum atomic E-state index is 11.9. The Bertz CT molecular complexity index is 821. The first kappa shape index (κ1) is 23.9. The molecular formula is C25H34O5. The normalized spacial score (nSPS) is 18.5. The largest absolute Gasteiger partial charge is 0.427 e. The maximum Gasteiger partial charge on any atom is 0.308 e. The summed E-state index contributed by atoms with van der Waals surface area (Å²) in [5.41, 5.74) is 3.97. The van der Waals surface area contributed by atoms with Crippen molar-refractivity contribution in [2.24, 2.45) is 5.92 Å². The van der Waals surface area contributed by atoms with Gasteiger partial charge in [0.1, 0.15) is 11.5 Å². The molecule has 5 heteroatoms. The number of esters is 2. The summed E-state index contributed by atoms with van der Waals surface area (Å²) >= 11 is 0. The summed E-state index contributed by atoms with van der Waals surface area (Å²) in [7, 11) is 0. The van der Waals surface area contributed by atoms with Gasteiger partial charge >= 0.3 is 11.9 Å². The summed E-state index contributed by atoms with van der Waals surface area (Å²) in [5, 5.41) is 9.76. The van der Waals surface area contributed by atoms with Crippen LogP contribution < -0.4 is 9.47 Å². The summed E-state index contributed by atoms with van der Waals surface area (Å²) in [5.74, 6) is -0.0588. The fraction of sp³-hybridized carbons (Fsp3) is 0.520. The predicted molar refractivity (Wildman–Crippen MR) is 118 cm³/mol. The summed E-state index contributed by atoms with van der Waals surface area (Å²) < 4.78 is 11.0. The van der Waals surface area contributed by atoms with Crippen molar-refractivity contribution in [3.8, 4) is 11.5 Å². The number of aliphatic hydroxyl groups is 1. The summed E-state index contributed by atoms with van der Waals surface area (Å²) in [6.07, 6.45) is 7.95. The van der Waals surface area contributed by atoms with E-state index in [0.717, 1.165) is 55.2 Å². The molecule has 1 aliphatic rings. The second-order valence-electron chi connectivity index (χ2n) is 8.14. The molecule has 1 aliphatic carbocycles. The second kappa shape index (κ2) is 11.1. The Morgan fingerprint density at radius 3 is 2.47 bits per heavy atom. The fourth-order valence-electron chi connectivity index (χ4n) is 4.20. The van der Waals surface area contributed by atoms with E-state index in [-0.39, 0.29) is 18.4 Å². The molecule has 2 rings (SSSR count). The van der Waals surface area contributed by atoms with Crippen LogP contribution in [0.1, 0.15) is 76.8 Å². The molecule has 0 amide bonds. The van der Waals surface area contributed by atoms with Crippen molar-refractivity contribution in [3.05, 3.63) is 47.1 Å². The van der Waals surface area contributed by atoms with Crippen LogP contribution in [0.3, 0.4) is 0 Å². The number of unbranched alkanes of at least 4 members (excludes halogenated alkanes) is 2. The third kappa shape index (κ3) is 6.30. The van der Waals surface area contributed by atoms with E-state index >= 15 is 0 Å². The second-order valence-corrected chi connectivity index (χ2v) is 8.14. The third-order valence-electron chi connectivity index (χ3n) is 5.57. The monoisotopic (exact) mass is 414 g/mol. The molecule has 2 atom stereocenters. The lowest BCUT2D eigenvalue weighted by Crippen LogP contribution is -2.22. The lowest BCUT2D eigenvalue weighted by atomic mass is 9.72. The lowest BCUT2D eigenvalue weighted by Gasteiger charge is -2.33. The Hall–Kier alpha value is -2.40. The number of rotatable bonds is 9. The van der Waals surface area contributed by atoms with Crippen LogP contribution in [0.2, 0.25) is 0 Å². The van der Waals surface area contributed by atoms with E-state index in [1.165, 1.54) is 19.4 Å². The number of hydrogen-bond acceptors (Lipinski definition) is 5. The molecule has 0 radical (unpaired) electrons. The number of carbonyl (C=O) groups excluding carboxylic acids is 2. The Morgan fingerprint density at radius 1 is 1.17 bits per heavy atom. The first-order valence-corrected chi connectivity index (χ1v) is 10.8. The highest BCUT2D eigenvalue weighted by molar-refractivity contribution is 5.72. The minimum absolute atomic E-state index is 0.0532. The molecule has 0 spiro atoms. The van der Waals surface area contributed by atoms with Crippen LogP contribution in [0.25, 0.3) is 0 Å². The van der Waals surface area contributed by atoms with Crippen LogP contribution in [-0.4, -0.2) is 23.7 Å². The Labute approximate surface area is 179 Å². The Balaban J connectivity index is 2.66. The Morgan fingerprint density at radius 2 is 1.87 bits per heavy atom. The minimum Gasteiger partial charge on any atom is -0.427 e. The van der Waals surface area contributed by atoms with Crippen molar-refractivity contribution in [2.75, 3.05) is 6.61 Å². The molecule has 0 aliphatic heterocycles. The zero-order valence-electron chi connectivity index (χ0n) is 18.6. The summed E-state index contributed by atoms with van der Waals surface area (Å²) in [4.78, 5) is 23.4. The Kier molecular flexibility index (Phi) is 8.85. The van der Waals surface area contributed by atoms with Crippen molar-refractivity contribution in [1.29, 1.82) is 0 Å². The van der Waals surface area contributed by atoms with Gasteiger partial charge in [0.2, 0.25) is 0 Å². The van der Waals surface area contributed by atoms with Gasteiger partial charge in [0.25, 0.3) is 0 Å². The van der Waals surface area contributed by atoms with Crippen LogP contribution in [-0.2, 0) is 16.0 Å². The molecule has 164 valence electrons. The molecule has 30 heavy (non-hydrogen) atoms. The zero-order valence-corrected chi connectivity index (χ0v) is 18.6. The molecule has 0 bridgehead atoms. The first-order chi connectivity index (χ1) is 14.3. The molecule has 0 aromatic heterocycles. The molecule has 1 aromatic carbocycles. The van der Waals surface area contributed by atoms with Crippen molar-refractivity contribution in [1.82, 2.24) is 0 Å². The molecule has 0 fully saturated rings. The van der Waals surface area contributed by atoms with Crippen LogP contribution in [0.15, 0.2) is 35.9 Å². The van der Waals surface area contributed by atoms with Crippen molar-refractivity contribution >= 4 is 11.9 Å². The summed E-state index contributed by atoms with van der Waals surface area (Å²) in [6, 6.07) is 3.51. The first-order valence-electron chi connectivity index (χ1n) is 10.8. The lowest BCUT2D eigenvalue weighted by molar-refractivity contribution is -0.132. The molecule has 0 saturated carbocycles. The summed E-state index contributed by atoms with van der Waals surface area (Å²) in [6.45, 7) is 11.0. The SMILES string of the molecule is C=C(CO)[C@@H]1CCC(C)=C[C@H]1c1c(CCCCC)cc(OC(C)=O)cc1OC(C)=O. The highest BCUT2D eigenvalue weighted by Crippen LogP contribution is 2.46. The van der Waals surface area contributed by atoms with Gasteiger partial charge in [0, 0.05) is 31.4 Å². The quantitative estimate of drug-likeness (QED) is 0.258. The standard InChI is InChI=1S/C25H34O5/c1-6-7-8-9-20-13-21(29-18(4)27)14-24(30-19(5)28)25(20)23-12-16(2)10-11-22(23)17(3)15-26/h12-14,22-23,26H,3,6-11,15H2,1-2,4-5H3/t22-,23+/m0/s1. The van der Waals surface area contributed by atoms with Crippen LogP contribution in [0.5, 0.6) is 11.5 Å². The van der Waals surface area contributed by atoms with Gasteiger partial charge in [0.05, 0.1) is 6.61 Å². The van der Waals surface area contributed by atoms with E-state index in [9.17, 15) is 14.7 Å². The van der Waals surface area contributed by atoms with Crippen molar-refractivity contribution in [2.45, 2.75) is 72.1 Å². The van der Waals surface area contributed by atoms with Crippen LogP contribution in [0, 0.1) is 5.92 Å². The van der Waals surface area contributed by atoms with Crippen LogP contribution in [0.4, 0.5) is 0 Å². The van der Waals surface area contributed by atoms with Gasteiger partial charge in [0.15, 0.2) is 0 Å². The molecule has 5 nitrogen and oxygen atoms in total. The number of hydrogen-bond donors (Lipinski definition) is 1. The number of aliphatic hydroxyl groups excluding tert-OH is 1.